The summed E-state index contributed by atoms with van der Waals surface area (Å²) in [6, 6.07) is -0.767. The second-order valence-corrected chi connectivity index (χ2v) is 26.7. The number of carbonyl (C=O) groups is 1. The molecule has 0 aliphatic carbocycles. The molecule has 0 radical (unpaired) electrons. The van der Waals surface area contributed by atoms with Crippen LogP contribution in [0.15, 0.2) is 85.1 Å². The van der Waals surface area contributed by atoms with Gasteiger partial charge < -0.3 is 19.8 Å². The number of likely N-dealkylation sites (N-methyl/N-ethyl adjacent to an activating group) is 1. The Morgan fingerprint density at radius 3 is 1.06 bits per heavy atom. The third kappa shape index (κ3) is 67.1. The number of rotatable bonds is 65. The summed E-state index contributed by atoms with van der Waals surface area (Å²) in [6.07, 6.45) is 91.1. The molecular weight excluding hydrogens is 1040 g/mol. The largest absolute Gasteiger partial charge is 0.472 e. The van der Waals surface area contributed by atoms with Gasteiger partial charge in [-0.3, -0.25) is 13.8 Å². The molecule has 484 valence electrons. The van der Waals surface area contributed by atoms with E-state index >= 15 is 0 Å². The minimum absolute atomic E-state index is 0.0727. The van der Waals surface area contributed by atoms with E-state index in [-0.39, 0.29) is 19.1 Å². The molecule has 0 saturated carbocycles. The molecule has 0 bridgehead atoms. The Morgan fingerprint density at radius 1 is 0.422 bits per heavy atom. The summed E-state index contributed by atoms with van der Waals surface area (Å²) in [5.41, 5.74) is 0. The van der Waals surface area contributed by atoms with Crippen LogP contribution in [-0.2, 0) is 18.4 Å². The van der Waals surface area contributed by atoms with Gasteiger partial charge in [-0.2, -0.15) is 0 Å². The first-order valence-corrected chi connectivity index (χ1v) is 36.9. The number of phosphoric acid groups is 1. The molecule has 0 spiro atoms. The summed E-state index contributed by atoms with van der Waals surface area (Å²) < 4.78 is 23.9. The van der Waals surface area contributed by atoms with Crippen molar-refractivity contribution >= 4 is 13.7 Å². The third-order valence-electron chi connectivity index (χ3n) is 15.9. The number of allylic oxidation sites excluding steroid dienone is 14. The minimum atomic E-state index is -4.33. The van der Waals surface area contributed by atoms with Gasteiger partial charge in [-0.15, -0.1) is 0 Å². The number of amides is 1. The summed E-state index contributed by atoms with van der Waals surface area (Å²) in [4.78, 5) is 23.5. The zero-order valence-corrected chi connectivity index (χ0v) is 56.3. The highest BCUT2D eigenvalue weighted by Gasteiger charge is 2.28. The summed E-state index contributed by atoms with van der Waals surface area (Å²) in [5.74, 6) is -0.144. The zero-order chi connectivity index (χ0) is 60.5. The van der Waals surface area contributed by atoms with Gasteiger partial charge in [-0.1, -0.05) is 336 Å². The van der Waals surface area contributed by atoms with Crippen molar-refractivity contribution in [3.05, 3.63) is 85.1 Å². The monoisotopic (exact) mass is 1180 g/mol. The summed E-state index contributed by atoms with van der Waals surface area (Å²) >= 11 is 0. The average Bonchev–Trinajstić information content (AvgIpc) is 3.49. The lowest BCUT2D eigenvalue weighted by molar-refractivity contribution is -0.870. The van der Waals surface area contributed by atoms with Crippen LogP contribution in [0.2, 0.25) is 0 Å². The Morgan fingerprint density at radius 2 is 0.723 bits per heavy atom. The van der Waals surface area contributed by atoms with Gasteiger partial charge >= 0.3 is 7.82 Å². The molecule has 0 aliphatic heterocycles. The molecule has 0 aromatic rings. The van der Waals surface area contributed by atoms with Gasteiger partial charge in [0.25, 0.3) is 0 Å². The lowest BCUT2D eigenvalue weighted by Crippen LogP contribution is -2.46. The van der Waals surface area contributed by atoms with Gasteiger partial charge in [-0.25, -0.2) is 4.57 Å². The van der Waals surface area contributed by atoms with Crippen LogP contribution >= 0.6 is 7.82 Å². The van der Waals surface area contributed by atoms with Crippen LogP contribution in [0.4, 0.5) is 0 Å². The zero-order valence-electron chi connectivity index (χ0n) is 55.4. The third-order valence-corrected chi connectivity index (χ3v) is 16.9. The van der Waals surface area contributed by atoms with E-state index in [9.17, 15) is 19.4 Å². The highest BCUT2D eigenvalue weighted by atomic mass is 31.2. The van der Waals surface area contributed by atoms with Crippen molar-refractivity contribution in [2.45, 2.75) is 341 Å². The van der Waals surface area contributed by atoms with Crippen molar-refractivity contribution in [1.29, 1.82) is 0 Å². The number of aliphatic hydroxyl groups excluding tert-OH is 1. The van der Waals surface area contributed by atoms with Crippen molar-refractivity contribution in [1.82, 2.24) is 5.32 Å². The summed E-state index contributed by atoms with van der Waals surface area (Å²) in [7, 11) is 1.62. The number of nitrogens with zero attached hydrogens (tertiary/aromatic N) is 1. The number of hydrogen-bond donors (Lipinski definition) is 3. The Hall–Kier alpha value is -2.32. The first kappa shape index (κ1) is 80.7. The van der Waals surface area contributed by atoms with Crippen LogP contribution in [0.3, 0.4) is 0 Å². The molecular formula is C74H138N2O6P+. The van der Waals surface area contributed by atoms with Crippen molar-refractivity contribution in [3.63, 3.8) is 0 Å². The molecule has 0 aromatic carbocycles. The number of nitrogens with one attached hydrogen (secondary N) is 1. The molecule has 3 N–H and O–H groups in total. The normalized spacial score (nSPS) is 14.2. The van der Waals surface area contributed by atoms with E-state index in [1.807, 2.05) is 21.1 Å². The molecule has 0 fully saturated rings. The molecule has 1 amide bonds. The number of aliphatic hydroxyl groups is 1. The van der Waals surface area contributed by atoms with Crippen LogP contribution in [-0.4, -0.2) is 73.4 Å². The van der Waals surface area contributed by atoms with Gasteiger partial charge in [0, 0.05) is 6.42 Å². The molecule has 0 aromatic heterocycles. The van der Waals surface area contributed by atoms with E-state index in [1.54, 1.807) is 0 Å². The molecule has 3 atom stereocenters. The predicted molar refractivity (Wildman–Crippen MR) is 364 cm³/mol. The van der Waals surface area contributed by atoms with Crippen LogP contribution in [0.1, 0.15) is 328 Å². The van der Waals surface area contributed by atoms with E-state index in [0.29, 0.717) is 23.9 Å². The maximum atomic E-state index is 13.1. The molecule has 9 heteroatoms. The van der Waals surface area contributed by atoms with E-state index in [2.05, 4.69) is 104 Å². The second kappa shape index (κ2) is 64.2. The average molecular weight is 1180 g/mol. The summed E-state index contributed by atoms with van der Waals surface area (Å²) in [6.45, 7) is 4.81. The molecule has 8 nitrogen and oxygen atoms in total. The number of hydrogen-bond acceptors (Lipinski definition) is 5. The molecule has 0 rings (SSSR count). The Balaban J connectivity index is 4.05. The van der Waals surface area contributed by atoms with E-state index < -0.39 is 20.0 Å². The van der Waals surface area contributed by atoms with Gasteiger partial charge in [0.05, 0.1) is 39.9 Å². The number of unbranched alkanes of at least 4 members (excludes halogenated alkanes) is 38. The topological polar surface area (TPSA) is 105 Å². The number of carbonyl (C=O) groups excluding carboxylic acids is 1. The van der Waals surface area contributed by atoms with E-state index in [4.69, 9.17) is 9.05 Å². The Kier molecular flexibility index (Phi) is 62.4. The smallest absolute Gasteiger partial charge is 0.391 e. The first-order valence-electron chi connectivity index (χ1n) is 35.5. The second-order valence-electron chi connectivity index (χ2n) is 25.2. The maximum absolute atomic E-state index is 13.1. The SMILES string of the molecule is CC/C=C\C/C=C\C/C=C\C/C=C\C/C=C\C/C=C\C/C=C\CCCCCCCCCCCCCCCC(=O)NC(COP(=O)(O)OCC[N+](C)(C)C)C(O)CCCCCCCCCCCCCCCCCCCCCCCCCCCC. The molecule has 83 heavy (non-hydrogen) atoms. The molecule has 0 aliphatic rings. The highest BCUT2D eigenvalue weighted by molar-refractivity contribution is 7.47. The predicted octanol–water partition coefficient (Wildman–Crippen LogP) is 22.7. The quantitative estimate of drug-likeness (QED) is 0.0243. The van der Waals surface area contributed by atoms with E-state index in [0.717, 1.165) is 83.5 Å². The number of quaternary nitrogens is 1. The van der Waals surface area contributed by atoms with Crippen molar-refractivity contribution in [2.24, 2.45) is 0 Å². The standard InChI is InChI=1S/C74H137N2O6P/c1-6-8-10-12-14-16-18-20-22-24-26-28-30-32-34-35-36-37-38-39-40-41-42-44-46-48-50-52-54-56-58-60-62-64-66-68-74(78)75-72(71-82-83(79,80)81-70-69-76(3,4)5)73(77)67-65-63-61-59-57-55-53-51-49-47-45-43-33-31-29-27-25-23-21-19-17-15-13-11-9-7-2/h8,10,14,16,20,22,26,28,32,34,36-37,39-40,72-73,77H,6-7,9,11-13,15,17-19,21,23-25,27,29-31,33,35,38,41-71H2,1-5H3,(H-,75,78,79,80)/p+1/b10-8-,16-14-,22-20-,28-26-,34-32-,37-36-,40-39-. The lowest BCUT2D eigenvalue weighted by Gasteiger charge is -2.26. The van der Waals surface area contributed by atoms with Gasteiger partial charge in [0.15, 0.2) is 0 Å². The first-order chi connectivity index (χ1) is 40.5. The Bertz CT molecular complexity index is 1630. The Labute approximate surface area is 516 Å². The van der Waals surface area contributed by atoms with Crippen molar-refractivity contribution in [2.75, 3.05) is 40.9 Å². The van der Waals surface area contributed by atoms with Gasteiger partial charge in [-0.05, 0) is 70.6 Å². The molecule has 0 heterocycles. The van der Waals surface area contributed by atoms with Crippen LogP contribution in [0.5, 0.6) is 0 Å². The van der Waals surface area contributed by atoms with Crippen molar-refractivity contribution in [3.8, 4) is 0 Å². The summed E-state index contributed by atoms with van der Waals surface area (Å²) in [5, 5.41) is 14.2. The highest BCUT2D eigenvalue weighted by Crippen LogP contribution is 2.43. The fourth-order valence-corrected chi connectivity index (χ4v) is 11.2. The van der Waals surface area contributed by atoms with Crippen LogP contribution in [0, 0.1) is 0 Å². The molecule has 3 unspecified atom stereocenters. The minimum Gasteiger partial charge on any atom is -0.391 e. The van der Waals surface area contributed by atoms with Crippen LogP contribution in [0.25, 0.3) is 0 Å². The van der Waals surface area contributed by atoms with Crippen LogP contribution < -0.4 is 5.32 Å². The van der Waals surface area contributed by atoms with Gasteiger partial charge in [0.1, 0.15) is 13.2 Å². The number of phosphoric ester groups is 1. The van der Waals surface area contributed by atoms with Crippen molar-refractivity contribution < 1.29 is 32.9 Å². The lowest BCUT2D eigenvalue weighted by atomic mass is 10.0. The maximum Gasteiger partial charge on any atom is 0.472 e. The molecule has 0 saturated heterocycles. The van der Waals surface area contributed by atoms with Gasteiger partial charge in [0.2, 0.25) is 5.91 Å². The fourth-order valence-electron chi connectivity index (χ4n) is 10.4. The van der Waals surface area contributed by atoms with E-state index in [1.165, 1.54) is 218 Å². The fraction of sp³-hybridized carbons (Fsp3) is 0.797.